The minimum atomic E-state index is -0.0638. The molecule has 1 saturated carbocycles. The molecule has 1 amide bonds. The van der Waals surface area contributed by atoms with Crippen LogP contribution in [0.25, 0.3) is 0 Å². The van der Waals surface area contributed by atoms with E-state index in [0.29, 0.717) is 11.4 Å². The highest BCUT2D eigenvalue weighted by Gasteiger charge is 2.65. The lowest BCUT2D eigenvalue weighted by Gasteiger charge is -2.12. The van der Waals surface area contributed by atoms with E-state index in [4.69, 9.17) is 0 Å². The maximum Gasteiger partial charge on any atom is 0.255 e. The predicted octanol–water partition coefficient (Wildman–Crippen LogP) is 3.83. The summed E-state index contributed by atoms with van der Waals surface area (Å²) in [5.74, 6) is 0.583. The van der Waals surface area contributed by atoms with Crippen LogP contribution in [-0.2, 0) is 0 Å². The summed E-state index contributed by atoms with van der Waals surface area (Å²) in [6, 6.07) is 2.01. The maximum atomic E-state index is 12.6. The molecule has 4 nitrogen and oxygen atoms in total. The lowest BCUT2D eigenvalue weighted by Crippen LogP contribution is -2.30. The van der Waals surface area contributed by atoms with Crippen LogP contribution in [-0.4, -0.2) is 23.5 Å². The molecule has 0 bridgehead atoms. The Morgan fingerprint density at radius 2 is 1.95 bits per heavy atom. The van der Waals surface area contributed by atoms with Crippen molar-refractivity contribution < 1.29 is 4.79 Å². The molecule has 0 saturated heterocycles. The largest absolute Gasteiger partial charge is 0.369 e. The summed E-state index contributed by atoms with van der Waals surface area (Å²) >= 11 is 3.39. The molecule has 5 heteroatoms. The fourth-order valence-electron chi connectivity index (χ4n) is 2.76. The third kappa shape index (κ3) is 2.93. The minimum absolute atomic E-state index is 0.0638. The lowest BCUT2D eigenvalue weighted by atomic mass is 10.0. The maximum absolute atomic E-state index is 12.6. The van der Waals surface area contributed by atoms with Crippen LogP contribution in [0.5, 0.6) is 0 Å². The first-order chi connectivity index (χ1) is 9.71. The Hall–Kier alpha value is -1.10. The molecule has 0 aliphatic heterocycles. The Bertz CT molecular complexity index is 540. The molecular weight excluding hydrogens is 330 g/mol. The van der Waals surface area contributed by atoms with Crippen LogP contribution in [0.1, 0.15) is 51.4 Å². The van der Waals surface area contributed by atoms with Gasteiger partial charge < -0.3 is 10.6 Å². The van der Waals surface area contributed by atoms with Crippen LogP contribution in [0.3, 0.4) is 0 Å². The van der Waals surface area contributed by atoms with Crippen molar-refractivity contribution in [3.8, 4) is 0 Å². The third-order valence-electron chi connectivity index (χ3n) is 4.94. The molecule has 1 fully saturated rings. The highest BCUT2D eigenvalue weighted by molar-refractivity contribution is 9.10. The second-order valence-electron chi connectivity index (χ2n) is 6.83. The molecule has 0 unspecified atom stereocenters. The molecule has 2 rings (SSSR count). The standard InChI is InChI=1S/C16H24BrN3O/c1-6-7-18-12-11(8-10(17)9-19-12)13(21)20-14-15(2,3)16(14,4)5/h8-9,14H,6-7H2,1-5H3,(H,18,19)(H,20,21). The number of aromatic nitrogens is 1. The van der Waals surface area contributed by atoms with Gasteiger partial charge in [0.1, 0.15) is 5.82 Å². The summed E-state index contributed by atoms with van der Waals surface area (Å²) in [6.07, 6.45) is 2.70. The predicted molar refractivity (Wildman–Crippen MR) is 89.5 cm³/mol. The molecule has 0 aromatic carbocycles. The first-order valence-corrected chi connectivity index (χ1v) is 8.21. The number of hydrogen-bond acceptors (Lipinski definition) is 3. The summed E-state index contributed by atoms with van der Waals surface area (Å²) in [7, 11) is 0. The van der Waals surface area contributed by atoms with Crippen molar-refractivity contribution in [1.82, 2.24) is 10.3 Å². The van der Waals surface area contributed by atoms with Crippen LogP contribution in [0.2, 0.25) is 0 Å². The number of amides is 1. The number of halogens is 1. The van der Waals surface area contributed by atoms with E-state index in [-0.39, 0.29) is 22.8 Å². The zero-order valence-corrected chi connectivity index (χ0v) is 15.0. The molecule has 1 heterocycles. The molecule has 0 radical (unpaired) electrons. The SMILES string of the molecule is CCCNc1ncc(Br)cc1C(=O)NC1C(C)(C)C1(C)C. The molecule has 1 aromatic heterocycles. The normalized spacial score (nSPS) is 19.1. The van der Waals surface area contributed by atoms with Gasteiger partial charge in [-0.3, -0.25) is 4.79 Å². The van der Waals surface area contributed by atoms with Gasteiger partial charge in [0.15, 0.2) is 0 Å². The molecule has 1 aromatic rings. The number of nitrogens with zero attached hydrogens (tertiary/aromatic N) is 1. The topological polar surface area (TPSA) is 54.0 Å². The van der Waals surface area contributed by atoms with Gasteiger partial charge in [-0.2, -0.15) is 0 Å². The Morgan fingerprint density at radius 1 is 1.33 bits per heavy atom. The molecule has 1 aliphatic carbocycles. The van der Waals surface area contributed by atoms with Crippen LogP contribution in [0.15, 0.2) is 16.7 Å². The van der Waals surface area contributed by atoms with Gasteiger partial charge in [0.05, 0.1) is 5.56 Å². The fraction of sp³-hybridized carbons (Fsp3) is 0.625. The molecule has 116 valence electrons. The second kappa shape index (κ2) is 5.59. The van der Waals surface area contributed by atoms with E-state index in [1.165, 1.54) is 0 Å². The molecule has 1 aliphatic rings. The average molecular weight is 354 g/mol. The van der Waals surface area contributed by atoms with E-state index < -0.39 is 0 Å². The van der Waals surface area contributed by atoms with Crippen LogP contribution in [0.4, 0.5) is 5.82 Å². The summed E-state index contributed by atoms with van der Waals surface area (Å²) in [5, 5.41) is 6.37. The number of pyridine rings is 1. The van der Waals surface area contributed by atoms with E-state index in [0.717, 1.165) is 17.4 Å². The van der Waals surface area contributed by atoms with Gasteiger partial charge in [0.25, 0.3) is 5.91 Å². The van der Waals surface area contributed by atoms with Crippen LogP contribution in [0, 0.1) is 10.8 Å². The molecular formula is C16H24BrN3O. The summed E-state index contributed by atoms with van der Waals surface area (Å²) in [4.78, 5) is 16.9. The number of anilines is 1. The molecule has 0 atom stereocenters. The van der Waals surface area contributed by atoms with Crippen molar-refractivity contribution in [2.24, 2.45) is 10.8 Å². The van der Waals surface area contributed by atoms with Gasteiger partial charge in [-0.15, -0.1) is 0 Å². The second-order valence-corrected chi connectivity index (χ2v) is 7.74. The van der Waals surface area contributed by atoms with E-state index in [1.807, 2.05) is 6.07 Å². The van der Waals surface area contributed by atoms with Crippen molar-refractivity contribution >= 4 is 27.7 Å². The van der Waals surface area contributed by atoms with E-state index in [1.54, 1.807) is 6.20 Å². The van der Waals surface area contributed by atoms with E-state index in [9.17, 15) is 4.79 Å². The lowest BCUT2D eigenvalue weighted by molar-refractivity contribution is 0.0944. The highest BCUT2D eigenvalue weighted by atomic mass is 79.9. The van der Waals surface area contributed by atoms with E-state index in [2.05, 4.69) is 66.2 Å². The number of carbonyl (C=O) groups excluding carboxylic acids is 1. The monoisotopic (exact) mass is 353 g/mol. The summed E-state index contributed by atoms with van der Waals surface area (Å²) in [5.41, 5.74) is 0.842. The van der Waals surface area contributed by atoms with Crippen LogP contribution >= 0.6 is 15.9 Å². The van der Waals surface area contributed by atoms with Crippen molar-refractivity contribution in [3.63, 3.8) is 0 Å². The molecule has 2 N–H and O–H groups in total. The average Bonchev–Trinajstić information content (AvgIpc) is 2.79. The first-order valence-electron chi connectivity index (χ1n) is 7.42. The Balaban J connectivity index is 2.17. The minimum Gasteiger partial charge on any atom is -0.369 e. The number of nitrogens with one attached hydrogen (secondary N) is 2. The quantitative estimate of drug-likeness (QED) is 0.845. The summed E-state index contributed by atoms with van der Waals surface area (Å²) < 4.78 is 0.809. The Labute approximate surface area is 135 Å². The zero-order valence-electron chi connectivity index (χ0n) is 13.4. The Morgan fingerprint density at radius 3 is 2.48 bits per heavy atom. The van der Waals surface area contributed by atoms with Crippen LogP contribution < -0.4 is 10.6 Å². The number of rotatable bonds is 5. The van der Waals surface area contributed by atoms with Gasteiger partial charge in [-0.25, -0.2) is 4.98 Å². The molecule has 0 spiro atoms. The number of carbonyl (C=O) groups is 1. The van der Waals surface area contributed by atoms with Gasteiger partial charge in [-0.1, -0.05) is 34.6 Å². The zero-order chi connectivity index (χ0) is 15.8. The van der Waals surface area contributed by atoms with Gasteiger partial charge in [0, 0.05) is 23.3 Å². The fourth-order valence-corrected chi connectivity index (χ4v) is 3.09. The van der Waals surface area contributed by atoms with Gasteiger partial charge in [-0.05, 0) is 39.2 Å². The van der Waals surface area contributed by atoms with Gasteiger partial charge >= 0.3 is 0 Å². The van der Waals surface area contributed by atoms with Gasteiger partial charge in [0.2, 0.25) is 0 Å². The third-order valence-corrected chi connectivity index (χ3v) is 5.37. The van der Waals surface area contributed by atoms with Crippen molar-refractivity contribution in [1.29, 1.82) is 0 Å². The van der Waals surface area contributed by atoms with Crippen molar-refractivity contribution in [2.75, 3.05) is 11.9 Å². The van der Waals surface area contributed by atoms with E-state index >= 15 is 0 Å². The smallest absolute Gasteiger partial charge is 0.255 e. The number of hydrogen-bond donors (Lipinski definition) is 2. The highest BCUT2D eigenvalue weighted by Crippen LogP contribution is 2.62. The van der Waals surface area contributed by atoms with Crippen molar-refractivity contribution in [2.45, 2.75) is 47.1 Å². The first kappa shape index (κ1) is 16.3. The summed E-state index contributed by atoms with van der Waals surface area (Å²) in [6.45, 7) is 11.6. The van der Waals surface area contributed by atoms with Crippen molar-refractivity contribution in [3.05, 3.63) is 22.3 Å². The molecule has 21 heavy (non-hydrogen) atoms. The Kier molecular flexibility index (Phi) is 4.34.